The molecular weight excluding hydrogens is 769 g/mol. The summed E-state index contributed by atoms with van der Waals surface area (Å²) < 4.78 is 10.4. The van der Waals surface area contributed by atoms with Gasteiger partial charge in [-0.25, -0.2) is 0 Å². The minimum Gasteiger partial charge on any atom is -0.509 e. The molecule has 1 aliphatic heterocycles. The molecule has 5 aromatic carbocycles. The van der Waals surface area contributed by atoms with Crippen molar-refractivity contribution in [1.82, 2.24) is 19.6 Å². The Bertz CT molecular complexity index is 2210. The first-order valence-electron chi connectivity index (χ1n) is 16.0. The van der Waals surface area contributed by atoms with Crippen molar-refractivity contribution >= 4 is 46.2 Å². The fourth-order valence-electron chi connectivity index (χ4n) is 7.45. The molecule has 0 saturated heterocycles. The van der Waals surface area contributed by atoms with Gasteiger partial charge in [0.25, 0.3) is 0 Å². The number of aromatic nitrogens is 4. The zero-order valence-corrected chi connectivity index (χ0v) is 29.5. The summed E-state index contributed by atoms with van der Waals surface area (Å²) in [5, 5.41) is 9.15. The van der Waals surface area contributed by atoms with Gasteiger partial charge in [0.2, 0.25) is 6.71 Å². The molecule has 8 rings (SSSR count). The van der Waals surface area contributed by atoms with Crippen LogP contribution in [0.5, 0.6) is 11.5 Å². The minimum absolute atomic E-state index is 0. The third-order valence-corrected chi connectivity index (χ3v) is 9.43. The number of benzene rings is 5. The Morgan fingerprint density at radius 2 is 1.10 bits per heavy atom. The Balaban J connectivity index is 0.00000364. The van der Waals surface area contributed by atoms with Crippen molar-refractivity contribution in [3.8, 4) is 22.9 Å². The summed E-state index contributed by atoms with van der Waals surface area (Å²) in [6.45, 7) is 8.84. The summed E-state index contributed by atoms with van der Waals surface area (Å²) >= 11 is 0. The van der Waals surface area contributed by atoms with Gasteiger partial charge in [0.15, 0.2) is 6.71 Å². The first kappa shape index (κ1) is 31.7. The zero-order valence-electron chi connectivity index (χ0n) is 27.2. The topological polar surface area (TPSA) is 44.9 Å². The van der Waals surface area contributed by atoms with Crippen LogP contribution in [0.25, 0.3) is 11.4 Å². The largest absolute Gasteiger partial charge is 2.00 e. The predicted octanol–water partition coefficient (Wildman–Crippen LogP) is 4.03. The summed E-state index contributed by atoms with van der Waals surface area (Å²) in [5.41, 5.74) is 14.4. The summed E-state index contributed by atoms with van der Waals surface area (Å²) in [6, 6.07) is 41.1. The number of hydrogen-bond acceptors (Lipinski definition) is 3. The molecule has 234 valence electrons. The van der Waals surface area contributed by atoms with Crippen LogP contribution in [0.2, 0.25) is 0 Å². The van der Waals surface area contributed by atoms with Crippen LogP contribution in [-0.2, 0) is 21.1 Å². The molecule has 0 unspecified atom stereocenters. The van der Waals surface area contributed by atoms with Crippen molar-refractivity contribution in [2.24, 2.45) is 0 Å². The molecule has 3 heterocycles. The number of ether oxygens (including phenoxy) is 1. The molecule has 0 bridgehead atoms. The molecule has 0 radical (unpaired) electrons. The Labute approximate surface area is 297 Å². The summed E-state index contributed by atoms with van der Waals surface area (Å²) in [6.07, 6.45) is 7.48. The van der Waals surface area contributed by atoms with Gasteiger partial charge in [-0.3, -0.25) is 9.36 Å². The van der Waals surface area contributed by atoms with E-state index in [1.165, 1.54) is 55.0 Å². The van der Waals surface area contributed by atoms with E-state index >= 15 is 0 Å². The fourth-order valence-corrected chi connectivity index (χ4v) is 7.45. The van der Waals surface area contributed by atoms with Gasteiger partial charge in [0.1, 0.15) is 0 Å². The predicted molar refractivity (Wildman–Crippen MR) is 192 cm³/mol. The molecule has 48 heavy (non-hydrogen) atoms. The van der Waals surface area contributed by atoms with E-state index in [1.54, 1.807) is 10.9 Å². The molecule has 0 fully saturated rings. The second-order valence-electron chi connectivity index (χ2n) is 12.4. The Kier molecular flexibility index (Phi) is 8.57. The van der Waals surface area contributed by atoms with Gasteiger partial charge in [-0.05, 0) is 51.2 Å². The van der Waals surface area contributed by atoms with Crippen molar-refractivity contribution in [1.29, 1.82) is 0 Å². The Morgan fingerprint density at radius 3 is 1.71 bits per heavy atom. The standard InChI is InChI=1S/C40H32B2N4O.Pt/c1-27-12-7-13-28(2)38(27)41-34-18-5-6-19-35(34)42(39-29(3)14-8-15-30(39)4)40-36(41)25-33(26-37(40)46-23-11-21-44-46)47-32-17-9-16-31(24-32)45-22-10-20-43-45;/h5-23,25H,1-4H3;/q-2;+2. The van der Waals surface area contributed by atoms with Gasteiger partial charge in [-0.15, -0.1) is 35.8 Å². The van der Waals surface area contributed by atoms with Gasteiger partial charge in [0.05, 0.1) is 0 Å². The van der Waals surface area contributed by atoms with Crippen molar-refractivity contribution in [3.05, 3.63) is 156 Å². The maximum absolute atomic E-state index is 6.65. The molecular formula is C40H32B2N4OPt. The van der Waals surface area contributed by atoms with E-state index in [9.17, 15) is 0 Å². The number of hydrogen-bond donors (Lipinski definition) is 0. The van der Waals surface area contributed by atoms with E-state index in [4.69, 9.17) is 9.84 Å². The van der Waals surface area contributed by atoms with Crippen molar-refractivity contribution in [2.45, 2.75) is 27.7 Å². The third kappa shape index (κ3) is 5.46. The van der Waals surface area contributed by atoms with Crippen LogP contribution in [0.1, 0.15) is 22.3 Å². The molecule has 0 atom stereocenters. The normalized spacial score (nSPS) is 11.9. The maximum atomic E-state index is 6.65. The van der Waals surface area contributed by atoms with Crippen LogP contribution in [-0.4, -0.2) is 33.0 Å². The maximum Gasteiger partial charge on any atom is 2.00 e. The SMILES string of the molecule is Cc1cccc(C)c1B1c2ccccc2B(c2c(C)cccc2C)c2c(-n3cccn3)[c-]c(Oc3[c-]c(-n4cccn4)ccc3)cc21.[Pt+2]. The monoisotopic (exact) mass is 801 g/mol. The first-order chi connectivity index (χ1) is 23.0. The average molecular weight is 801 g/mol. The van der Waals surface area contributed by atoms with Crippen molar-refractivity contribution < 1.29 is 25.8 Å². The number of nitrogens with zero attached hydrogens (tertiary/aromatic N) is 4. The van der Waals surface area contributed by atoms with E-state index in [0.29, 0.717) is 11.5 Å². The Hall–Kier alpha value is -4.86. The van der Waals surface area contributed by atoms with E-state index in [1.807, 2.05) is 53.6 Å². The fraction of sp³-hybridized carbons (Fsp3) is 0.100. The molecule has 7 aromatic rings. The molecule has 0 spiro atoms. The first-order valence-corrected chi connectivity index (χ1v) is 16.0. The number of aryl methyl sites for hydroxylation is 4. The molecule has 0 N–H and O–H groups in total. The zero-order chi connectivity index (χ0) is 32.1. The molecule has 0 aliphatic carbocycles. The van der Waals surface area contributed by atoms with Crippen molar-refractivity contribution in [2.75, 3.05) is 0 Å². The van der Waals surface area contributed by atoms with Gasteiger partial charge in [0, 0.05) is 36.3 Å². The summed E-state index contributed by atoms with van der Waals surface area (Å²) in [7, 11) is 0. The minimum atomic E-state index is -0.0258. The number of fused-ring (bicyclic) bond motifs is 2. The third-order valence-electron chi connectivity index (χ3n) is 9.43. The van der Waals surface area contributed by atoms with Crippen LogP contribution in [0.4, 0.5) is 0 Å². The molecule has 5 nitrogen and oxygen atoms in total. The molecule has 8 heteroatoms. The number of rotatable bonds is 6. The van der Waals surface area contributed by atoms with Crippen LogP contribution in [0.3, 0.4) is 0 Å². The van der Waals surface area contributed by atoms with E-state index in [-0.39, 0.29) is 34.5 Å². The molecule has 1 aliphatic rings. The molecule has 0 amide bonds. The van der Waals surface area contributed by atoms with Gasteiger partial charge in [-0.1, -0.05) is 105 Å². The van der Waals surface area contributed by atoms with Crippen LogP contribution < -0.4 is 37.5 Å². The smallest absolute Gasteiger partial charge is 0.509 e. The average Bonchev–Trinajstić information content (AvgIpc) is 3.81. The summed E-state index contributed by atoms with van der Waals surface area (Å²) in [4.78, 5) is 0. The van der Waals surface area contributed by atoms with E-state index in [0.717, 1.165) is 11.4 Å². The van der Waals surface area contributed by atoms with Gasteiger partial charge >= 0.3 is 21.1 Å². The molecule has 0 saturated carbocycles. The summed E-state index contributed by atoms with van der Waals surface area (Å²) in [5.74, 6) is 1.20. The van der Waals surface area contributed by atoms with E-state index in [2.05, 4.69) is 112 Å². The second-order valence-corrected chi connectivity index (χ2v) is 12.4. The van der Waals surface area contributed by atoms with Crippen LogP contribution in [0.15, 0.2) is 122 Å². The van der Waals surface area contributed by atoms with Crippen LogP contribution in [0, 0.1) is 39.8 Å². The second kappa shape index (κ2) is 13.0. The Morgan fingerprint density at radius 1 is 0.542 bits per heavy atom. The van der Waals surface area contributed by atoms with E-state index < -0.39 is 0 Å². The van der Waals surface area contributed by atoms with Crippen LogP contribution >= 0.6 is 0 Å². The van der Waals surface area contributed by atoms with Crippen molar-refractivity contribution in [3.63, 3.8) is 0 Å². The van der Waals surface area contributed by atoms with Gasteiger partial charge < -0.3 is 4.74 Å². The quantitative estimate of drug-likeness (QED) is 0.189. The molecule has 2 aromatic heterocycles. The van der Waals surface area contributed by atoms with Gasteiger partial charge in [-0.2, -0.15) is 21.7 Å².